The van der Waals surface area contributed by atoms with E-state index >= 15 is 0 Å². The average molecular weight is 603 g/mol. The summed E-state index contributed by atoms with van der Waals surface area (Å²) >= 11 is 0. The Morgan fingerprint density at radius 1 is 1.00 bits per heavy atom. The van der Waals surface area contributed by atoms with Crippen LogP contribution in [0.2, 0.25) is 0 Å². The third-order valence-electron chi connectivity index (χ3n) is 7.31. The predicted octanol–water partition coefficient (Wildman–Crippen LogP) is 5.85. The van der Waals surface area contributed by atoms with Crippen molar-refractivity contribution in [2.75, 3.05) is 0 Å². The van der Waals surface area contributed by atoms with Gasteiger partial charge in [0.15, 0.2) is 6.17 Å². The third kappa shape index (κ3) is 7.30. The van der Waals surface area contributed by atoms with Gasteiger partial charge >= 0.3 is 6.09 Å². The molecule has 1 amide bonds. The summed E-state index contributed by atoms with van der Waals surface area (Å²) in [5.41, 5.74) is 11.4. The maximum Gasteiger partial charge on any atom is 0.407 e. The summed E-state index contributed by atoms with van der Waals surface area (Å²) in [6.07, 6.45) is 7.36. The number of hydrogen-bond donors (Lipinski definition) is 4. The van der Waals surface area contributed by atoms with Crippen LogP contribution in [0.3, 0.4) is 0 Å². The number of rotatable bonds is 9. The fraction of sp³-hybridized carbons (Fsp3) is 0.257. The van der Waals surface area contributed by atoms with E-state index in [0.717, 1.165) is 56.4 Å². The minimum Gasteiger partial charge on any atom is -0.444 e. The lowest BCUT2D eigenvalue weighted by Gasteiger charge is -2.22. The van der Waals surface area contributed by atoms with Crippen LogP contribution in [0.15, 0.2) is 90.1 Å². The lowest BCUT2D eigenvalue weighted by atomic mass is 9.98. The number of carbonyl (C=O) groups excluding carboxylic acids is 1. The Bertz CT molecular complexity index is 1780. The number of allylic oxidation sites excluding steroid dienone is 2. The number of nitrogens with zero attached hydrogens (tertiary/aromatic N) is 4. The van der Waals surface area contributed by atoms with Crippen molar-refractivity contribution in [2.45, 2.75) is 59.1 Å². The molecule has 0 bridgehead atoms. The van der Waals surface area contributed by atoms with Crippen molar-refractivity contribution in [1.82, 2.24) is 36.0 Å². The molecule has 0 aliphatic carbocycles. The highest BCUT2D eigenvalue weighted by Gasteiger charge is 2.23. The highest BCUT2D eigenvalue weighted by molar-refractivity contribution is 5.82. The number of pyridine rings is 1. The Hall–Kier alpha value is -5.22. The second-order valence-electron chi connectivity index (χ2n) is 12.1. The van der Waals surface area contributed by atoms with Gasteiger partial charge in [0.25, 0.3) is 0 Å². The van der Waals surface area contributed by atoms with Gasteiger partial charge in [-0.25, -0.2) is 14.8 Å². The van der Waals surface area contributed by atoms with Gasteiger partial charge in [-0.1, -0.05) is 54.6 Å². The molecule has 10 heteroatoms. The van der Waals surface area contributed by atoms with E-state index in [1.807, 2.05) is 87.4 Å². The third-order valence-corrected chi connectivity index (χ3v) is 7.31. The molecule has 45 heavy (non-hydrogen) atoms. The Morgan fingerprint density at radius 3 is 2.69 bits per heavy atom. The zero-order chi connectivity index (χ0) is 31.4. The van der Waals surface area contributed by atoms with Crippen molar-refractivity contribution in [2.24, 2.45) is 4.99 Å². The minimum atomic E-state index is -0.539. The van der Waals surface area contributed by atoms with Gasteiger partial charge in [0.1, 0.15) is 17.8 Å². The second kappa shape index (κ2) is 12.8. The summed E-state index contributed by atoms with van der Waals surface area (Å²) in [6.45, 7) is 9.11. The standard InChI is InChI=1S/C35H38N8O2/c1-23-9-7-14-29(40-23)33-32(27-15-16-31-38-22-39-43(31)21-27)41-30(42-33)20-36-19-26-11-5-6-13-28(26)25-12-8-10-24(17-25)18-37-34(44)45-35(2,3)4/h5-17,21-22,31,36H,18-20H2,1-4H3,(H,37,44)(H,38,39)(H,41,42). The summed E-state index contributed by atoms with van der Waals surface area (Å²) in [6, 6.07) is 22.5. The first-order chi connectivity index (χ1) is 21.7. The van der Waals surface area contributed by atoms with E-state index in [1.165, 1.54) is 0 Å². The smallest absolute Gasteiger partial charge is 0.407 e. The summed E-state index contributed by atoms with van der Waals surface area (Å²) in [4.78, 5) is 29.9. The van der Waals surface area contributed by atoms with E-state index < -0.39 is 11.7 Å². The molecule has 4 N–H and O–H groups in total. The number of hydrogen-bond acceptors (Lipinski definition) is 8. The van der Waals surface area contributed by atoms with Gasteiger partial charge < -0.3 is 20.4 Å². The number of nitrogens with one attached hydrogen (secondary N) is 4. The van der Waals surface area contributed by atoms with Crippen LogP contribution in [0.1, 0.15) is 49.1 Å². The number of benzene rings is 2. The van der Waals surface area contributed by atoms with E-state index in [4.69, 9.17) is 14.7 Å². The van der Waals surface area contributed by atoms with E-state index in [-0.39, 0.29) is 6.17 Å². The molecule has 4 aromatic rings. The molecule has 10 nitrogen and oxygen atoms in total. The quantitative estimate of drug-likeness (QED) is 0.190. The lowest BCUT2D eigenvalue weighted by molar-refractivity contribution is 0.0523. The maximum atomic E-state index is 12.2. The predicted molar refractivity (Wildman–Crippen MR) is 176 cm³/mol. The van der Waals surface area contributed by atoms with Crippen molar-refractivity contribution in [3.05, 3.63) is 113 Å². The van der Waals surface area contributed by atoms with Crippen molar-refractivity contribution in [3.63, 3.8) is 0 Å². The lowest BCUT2D eigenvalue weighted by Crippen LogP contribution is -2.34. The van der Waals surface area contributed by atoms with E-state index in [1.54, 1.807) is 6.34 Å². The number of aromatic amines is 1. The van der Waals surface area contributed by atoms with Crippen LogP contribution >= 0.6 is 0 Å². The van der Waals surface area contributed by atoms with Gasteiger partial charge in [-0.3, -0.25) is 15.4 Å². The molecule has 1 unspecified atom stereocenters. The molecule has 0 spiro atoms. The number of alkyl carbamates (subject to hydrolysis) is 1. The Labute approximate surface area is 263 Å². The molecule has 2 aromatic carbocycles. The summed E-state index contributed by atoms with van der Waals surface area (Å²) in [5, 5.41) is 8.38. The van der Waals surface area contributed by atoms with Crippen LogP contribution < -0.4 is 16.1 Å². The number of imidazole rings is 1. The number of ether oxygens (including phenoxy) is 1. The number of H-pyrrole nitrogens is 1. The fourth-order valence-electron chi connectivity index (χ4n) is 5.29. The molecule has 4 heterocycles. The van der Waals surface area contributed by atoms with E-state index in [2.05, 4.69) is 56.4 Å². The molecule has 6 rings (SSSR count). The fourth-order valence-corrected chi connectivity index (χ4v) is 5.29. The van der Waals surface area contributed by atoms with Crippen LogP contribution in [-0.2, 0) is 24.4 Å². The number of hydrazine groups is 1. The van der Waals surface area contributed by atoms with Crippen LogP contribution in [0, 0.1) is 6.92 Å². The van der Waals surface area contributed by atoms with Crippen LogP contribution in [0.25, 0.3) is 28.1 Å². The first kappa shape index (κ1) is 29.8. The van der Waals surface area contributed by atoms with E-state index in [0.29, 0.717) is 19.6 Å². The Morgan fingerprint density at radius 2 is 1.84 bits per heavy atom. The molecular formula is C35H38N8O2. The SMILES string of the molecule is Cc1cccc(-c2[nH]c(CNCc3ccccc3-c3cccc(CNC(=O)OC(C)(C)C)c3)nc2C2=CN3NC=NC3C=C2)n1. The van der Waals surface area contributed by atoms with Crippen LogP contribution in [-0.4, -0.2) is 44.2 Å². The number of aromatic nitrogens is 3. The van der Waals surface area contributed by atoms with Crippen molar-refractivity contribution < 1.29 is 9.53 Å². The Balaban J connectivity index is 1.17. The zero-order valence-corrected chi connectivity index (χ0v) is 26.0. The van der Waals surface area contributed by atoms with Gasteiger partial charge in [0.05, 0.1) is 23.6 Å². The molecule has 0 saturated carbocycles. The molecule has 0 radical (unpaired) electrons. The minimum absolute atomic E-state index is 0.0450. The van der Waals surface area contributed by atoms with Gasteiger partial charge in [0, 0.05) is 30.6 Å². The number of aryl methyl sites for hydroxylation is 1. The van der Waals surface area contributed by atoms with Gasteiger partial charge in [-0.2, -0.15) is 0 Å². The van der Waals surface area contributed by atoms with Gasteiger partial charge in [-0.15, -0.1) is 0 Å². The van der Waals surface area contributed by atoms with Crippen molar-refractivity contribution in [1.29, 1.82) is 0 Å². The van der Waals surface area contributed by atoms with Gasteiger partial charge in [-0.05, 0) is 74.2 Å². The molecule has 230 valence electrons. The zero-order valence-electron chi connectivity index (χ0n) is 26.0. The first-order valence-electron chi connectivity index (χ1n) is 15.1. The summed E-state index contributed by atoms with van der Waals surface area (Å²) in [5.74, 6) is 0.818. The number of amides is 1. The van der Waals surface area contributed by atoms with Crippen molar-refractivity contribution in [3.8, 4) is 22.5 Å². The molecule has 2 aromatic heterocycles. The van der Waals surface area contributed by atoms with Gasteiger partial charge in [0.2, 0.25) is 0 Å². The number of fused-ring (bicyclic) bond motifs is 1. The average Bonchev–Trinajstić information content (AvgIpc) is 3.67. The van der Waals surface area contributed by atoms with Crippen LogP contribution in [0.4, 0.5) is 4.79 Å². The Kier molecular flexibility index (Phi) is 8.48. The highest BCUT2D eigenvalue weighted by Crippen LogP contribution is 2.30. The van der Waals surface area contributed by atoms with Crippen LogP contribution in [0.5, 0.6) is 0 Å². The topological polar surface area (TPSA) is 120 Å². The molecule has 1 atom stereocenters. The van der Waals surface area contributed by atoms with Crippen molar-refractivity contribution >= 4 is 18.0 Å². The number of carbonyl (C=O) groups is 1. The normalized spacial score (nSPS) is 15.4. The maximum absolute atomic E-state index is 12.2. The monoisotopic (exact) mass is 602 g/mol. The first-order valence-corrected chi connectivity index (χ1v) is 15.1. The highest BCUT2D eigenvalue weighted by atomic mass is 16.6. The second-order valence-corrected chi connectivity index (χ2v) is 12.1. The molecule has 2 aliphatic rings. The molecule has 0 fully saturated rings. The van der Waals surface area contributed by atoms with E-state index in [9.17, 15) is 4.79 Å². The molecule has 0 saturated heterocycles. The number of aliphatic imine (C=N–C) groups is 1. The summed E-state index contributed by atoms with van der Waals surface area (Å²) < 4.78 is 5.38. The molecular weight excluding hydrogens is 564 g/mol. The largest absolute Gasteiger partial charge is 0.444 e. The molecule has 2 aliphatic heterocycles. The summed E-state index contributed by atoms with van der Waals surface area (Å²) in [7, 11) is 0.